The third-order valence-electron chi connectivity index (χ3n) is 5.37. The SMILES string of the molecule is CC(C)c1nnc(N2CCN(C(=O)C(c3ccc(F)cc3)C3CC3)CC2)o1. The standard InChI is InChI=1S/C20H25FN4O2/c1-13(2)18-22-23-20(27-18)25-11-9-24(10-12-25)19(26)17(14-3-4-14)15-5-7-16(21)8-6-15/h5-8,13-14,17H,3-4,9-12H2,1-2H3. The van der Waals surface area contributed by atoms with Gasteiger partial charge in [-0.3, -0.25) is 4.79 Å². The van der Waals surface area contributed by atoms with E-state index in [-0.39, 0.29) is 23.6 Å². The molecule has 0 bridgehead atoms. The second-order valence-electron chi connectivity index (χ2n) is 7.76. The van der Waals surface area contributed by atoms with Crippen molar-refractivity contribution >= 4 is 11.9 Å². The van der Waals surface area contributed by atoms with Crippen LogP contribution in [0.15, 0.2) is 28.7 Å². The third-order valence-corrected chi connectivity index (χ3v) is 5.37. The molecule has 1 aromatic heterocycles. The number of anilines is 1. The highest BCUT2D eigenvalue weighted by molar-refractivity contribution is 5.84. The quantitative estimate of drug-likeness (QED) is 0.807. The van der Waals surface area contributed by atoms with Crippen LogP contribution in [0, 0.1) is 11.7 Å². The Morgan fingerprint density at radius 3 is 2.33 bits per heavy atom. The Bertz CT molecular complexity index is 793. The van der Waals surface area contributed by atoms with Gasteiger partial charge in [0.1, 0.15) is 5.82 Å². The number of carbonyl (C=O) groups is 1. The van der Waals surface area contributed by atoms with E-state index < -0.39 is 0 Å². The highest BCUT2D eigenvalue weighted by atomic mass is 19.1. The van der Waals surface area contributed by atoms with Crippen molar-refractivity contribution in [3.63, 3.8) is 0 Å². The first-order chi connectivity index (χ1) is 13.0. The van der Waals surface area contributed by atoms with Gasteiger partial charge in [0.25, 0.3) is 0 Å². The topological polar surface area (TPSA) is 62.5 Å². The molecule has 1 atom stereocenters. The first-order valence-corrected chi connectivity index (χ1v) is 9.65. The lowest BCUT2D eigenvalue weighted by atomic mass is 9.92. The zero-order chi connectivity index (χ0) is 19.0. The van der Waals surface area contributed by atoms with Crippen LogP contribution in [0.2, 0.25) is 0 Å². The van der Waals surface area contributed by atoms with Gasteiger partial charge in [-0.05, 0) is 36.5 Å². The molecule has 6 nitrogen and oxygen atoms in total. The lowest BCUT2D eigenvalue weighted by Crippen LogP contribution is -2.50. The summed E-state index contributed by atoms with van der Waals surface area (Å²) in [6, 6.07) is 6.91. The minimum atomic E-state index is -0.269. The molecule has 2 heterocycles. The van der Waals surface area contributed by atoms with Gasteiger partial charge in [-0.2, -0.15) is 0 Å². The molecule has 2 aromatic rings. The molecule has 1 saturated carbocycles. The van der Waals surface area contributed by atoms with Crippen LogP contribution >= 0.6 is 0 Å². The normalized spacial score (nSPS) is 18.8. The van der Waals surface area contributed by atoms with Crippen molar-refractivity contribution in [2.24, 2.45) is 5.92 Å². The van der Waals surface area contributed by atoms with E-state index >= 15 is 0 Å². The zero-order valence-corrected chi connectivity index (χ0v) is 15.8. The number of carbonyl (C=O) groups excluding carboxylic acids is 1. The summed E-state index contributed by atoms with van der Waals surface area (Å²) >= 11 is 0. The van der Waals surface area contributed by atoms with Crippen molar-refractivity contribution in [3.8, 4) is 0 Å². The van der Waals surface area contributed by atoms with E-state index in [0.29, 0.717) is 44.0 Å². The lowest BCUT2D eigenvalue weighted by molar-refractivity contribution is -0.133. The fourth-order valence-corrected chi connectivity index (χ4v) is 3.62. The summed E-state index contributed by atoms with van der Waals surface area (Å²) in [5.41, 5.74) is 0.921. The average molecular weight is 372 g/mol. The number of halogens is 1. The molecular weight excluding hydrogens is 347 g/mol. The first kappa shape index (κ1) is 17.9. The molecule has 1 unspecified atom stereocenters. The van der Waals surface area contributed by atoms with Crippen molar-refractivity contribution < 1.29 is 13.6 Å². The number of nitrogens with zero attached hydrogens (tertiary/aromatic N) is 4. The summed E-state index contributed by atoms with van der Waals surface area (Å²) in [6.07, 6.45) is 2.13. The molecule has 7 heteroatoms. The van der Waals surface area contributed by atoms with Crippen LogP contribution in [-0.4, -0.2) is 47.2 Å². The van der Waals surface area contributed by atoms with Crippen LogP contribution in [0.25, 0.3) is 0 Å². The molecule has 144 valence electrons. The molecule has 1 aromatic carbocycles. The van der Waals surface area contributed by atoms with Crippen molar-refractivity contribution in [2.75, 3.05) is 31.1 Å². The summed E-state index contributed by atoms with van der Waals surface area (Å²) < 4.78 is 19.0. The summed E-state index contributed by atoms with van der Waals surface area (Å²) in [7, 11) is 0. The van der Waals surface area contributed by atoms with E-state index in [1.165, 1.54) is 12.1 Å². The Kier molecular flexibility index (Phi) is 4.85. The first-order valence-electron chi connectivity index (χ1n) is 9.65. The van der Waals surface area contributed by atoms with Gasteiger partial charge in [0.15, 0.2) is 0 Å². The number of aromatic nitrogens is 2. The van der Waals surface area contributed by atoms with E-state index in [9.17, 15) is 9.18 Å². The van der Waals surface area contributed by atoms with Crippen LogP contribution in [0.1, 0.15) is 50.0 Å². The fourth-order valence-electron chi connectivity index (χ4n) is 3.62. The molecular formula is C20H25FN4O2. The van der Waals surface area contributed by atoms with Gasteiger partial charge >= 0.3 is 6.01 Å². The van der Waals surface area contributed by atoms with E-state index in [2.05, 4.69) is 10.2 Å². The summed E-state index contributed by atoms with van der Waals surface area (Å²) in [5.74, 6) is 0.934. The maximum atomic E-state index is 13.3. The van der Waals surface area contributed by atoms with Crippen LogP contribution < -0.4 is 4.90 Å². The Morgan fingerprint density at radius 2 is 1.78 bits per heavy atom. The number of piperazine rings is 1. The Balaban J connectivity index is 1.41. The molecule has 1 aliphatic heterocycles. The molecule has 1 aliphatic carbocycles. The van der Waals surface area contributed by atoms with Crippen LogP contribution in [-0.2, 0) is 4.79 Å². The molecule has 2 fully saturated rings. The zero-order valence-electron chi connectivity index (χ0n) is 15.8. The van der Waals surface area contributed by atoms with Crippen molar-refractivity contribution in [2.45, 2.75) is 38.5 Å². The fraction of sp³-hybridized carbons (Fsp3) is 0.550. The minimum absolute atomic E-state index is 0.150. The van der Waals surface area contributed by atoms with Crippen molar-refractivity contribution in [1.82, 2.24) is 15.1 Å². The predicted octanol–water partition coefficient (Wildman–Crippen LogP) is 3.17. The van der Waals surface area contributed by atoms with Crippen LogP contribution in [0.5, 0.6) is 0 Å². The van der Waals surface area contributed by atoms with E-state index in [0.717, 1.165) is 18.4 Å². The molecule has 0 radical (unpaired) electrons. The number of rotatable bonds is 5. The van der Waals surface area contributed by atoms with Gasteiger partial charge in [-0.25, -0.2) is 4.39 Å². The average Bonchev–Trinajstić information content (AvgIpc) is 3.37. The van der Waals surface area contributed by atoms with Crippen molar-refractivity contribution in [3.05, 3.63) is 41.5 Å². The van der Waals surface area contributed by atoms with Gasteiger partial charge in [-0.15, -0.1) is 5.10 Å². The van der Waals surface area contributed by atoms with Gasteiger partial charge in [0.2, 0.25) is 11.8 Å². The Hall–Kier alpha value is -2.44. The summed E-state index contributed by atoms with van der Waals surface area (Å²) in [6.45, 7) is 6.63. The largest absolute Gasteiger partial charge is 0.408 e. The molecule has 1 amide bonds. The van der Waals surface area contributed by atoms with Crippen LogP contribution in [0.4, 0.5) is 10.4 Å². The highest BCUT2D eigenvalue weighted by Gasteiger charge is 2.40. The van der Waals surface area contributed by atoms with E-state index in [1.807, 2.05) is 23.6 Å². The van der Waals surface area contributed by atoms with Gasteiger partial charge in [0, 0.05) is 32.1 Å². The monoisotopic (exact) mass is 372 g/mol. The Morgan fingerprint density at radius 1 is 1.11 bits per heavy atom. The maximum Gasteiger partial charge on any atom is 0.318 e. The Labute approximate surface area is 158 Å². The molecule has 2 aliphatic rings. The van der Waals surface area contributed by atoms with Gasteiger partial charge < -0.3 is 14.2 Å². The number of hydrogen-bond donors (Lipinski definition) is 0. The van der Waals surface area contributed by atoms with E-state index in [1.54, 1.807) is 12.1 Å². The smallest absolute Gasteiger partial charge is 0.318 e. The van der Waals surface area contributed by atoms with Gasteiger partial charge in [0.05, 0.1) is 5.92 Å². The number of hydrogen-bond acceptors (Lipinski definition) is 5. The molecule has 4 rings (SSSR count). The molecule has 0 N–H and O–H groups in total. The molecule has 27 heavy (non-hydrogen) atoms. The molecule has 1 saturated heterocycles. The number of benzene rings is 1. The molecule has 0 spiro atoms. The van der Waals surface area contributed by atoms with Gasteiger partial charge in [-0.1, -0.05) is 31.1 Å². The second kappa shape index (κ2) is 7.29. The summed E-state index contributed by atoms with van der Waals surface area (Å²) in [4.78, 5) is 17.1. The van der Waals surface area contributed by atoms with Crippen LogP contribution in [0.3, 0.4) is 0 Å². The lowest BCUT2D eigenvalue weighted by Gasteiger charge is -2.35. The van der Waals surface area contributed by atoms with E-state index in [4.69, 9.17) is 4.42 Å². The highest BCUT2D eigenvalue weighted by Crippen LogP contribution is 2.43. The third kappa shape index (κ3) is 3.82. The minimum Gasteiger partial charge on any atom is -0.408 e. The maximum absolute atomic E-state index is 13.3. The predicted molar refractivity (Wildman–Crippen MR) is 99.0 cm³/mol. The summed E-state index contributed by atoms with van der Waals surface area (Å²) in [5, 5.41) is 8.21. The van der Waals surface area contributed by atoms with Crippen molar-refractivity contribution in [1.29, 1.82) is 0 Å². The second-order valence-corrected chi connectivity index (χ2v) is 7.76. The number of amides is 1.